The summed E-state index contributed by atoms with van der Waals surface area (Å²) in [4.78, 5) is 19.2. The van der Waals surface area contributed by atoms with Crippen LogP contribution < -0.4 is 4.74 Å². The summed E-state index contributed by atoms with van der Waals surface area (Å²) in [6.45, 7) is 1.84. The minimum atomic E-state index is -0.280. The lowest BCUT2D eigenvalue weighted by molar-refractivity contribution is 0.0791. The zero-order valence-electron chi connectivity index (χ0n) is 17.5. The molecule has 2 aromatic carbocycles. The first-order valence-corrected chi connectivity index (χ1v) is 10.7. The highest BCUT2D eigenvalue weighted by Gasteiger charge is 2.29. The number of amides is 1. The van der Waals surface area contributed by atoms with Crippen molar-refractivity contribution in [3.63, 3.8) is 0 Å². The number of carbonyl (C=O) groups excluding carboxylic acids is 1. The molecule has 0 bridgehead atoms. The maximum absolute atomic E-state index is 13.0. The molecule has 2 aromatic heterocycles. The van der Waals surface area contributed by atoms with Gasteiger partial charge < -0.3 is 9.64 Å². The number of ether oxygens (including phenoxy) is 1. The van der Waals surface area contributed by atoms with Crippen LogP contribution in [0.2, 0.25) is 0 Å². The third-order valence-electron chi connectivity index (χ3n) is 5.85. The van der Waals surface area contributed by atoms with E-state index in [1.807, 2.05) is 41.3 Å². The Labute approximate surface area is 185 Å². The zero-order valence-corrected chi connectivity index (χ0v) is 17.5. The Morgan fingerprint density at radius 2 is 2.03 bits per heavy atom. The van der Waals surface area contributed by atoms with Gasteiger partial charge in [-0.3, -0.25) is 14.9 Å². The summed E-state index contributed by atoms with van der Waals surface area (Å²) < 4.78 is 18.6. The van der Waals surface area contributed by atoms with E-state index in [2.05, 4.69) is 15.2 Å². The molecule has 0 radical (unpaired) electrons. The lowest BCUT2D eigenvalue weighted by atomic mass is 10.0. The molecule has 6 nitrogen and oxygen atoms in total. The highest BCUT2D eigenvalue weighted by molar-refractivity contribution is 5.98. The molecule has 3 heterocycles. The van der Waals surface area contributed by atoms with Crippen molar-refractivity contribution in [2.75, 3.05) is 19.7 Å². The van der Waals surface area contributed by atoms with Gasteiger partial charge in [0.1, 0.15) is 11.6 Å². The molecular formula is C25H23FN4O2. The van der Waals surface area contributed by atoms with Crippen molar-refractivity contribution in [3.05, 3.63) is 89.6 Å². The van der Waals surface area contributed by atoms with Crippen LogP contribution in [-0.2, 0) is 6.42 Å². The normalized spacial score (nSPS) is 15.9. The van der Waals surface area contributed by atoms with Gasteiger partial charge in [0, 0.05) is 48.3 Å². The number of fused-ring (bicyclic) bond motifs is 1. The quantitative estimate of drug-likeness (QED) is 0.494. The van der Waals surface area contributed by atoms with Gasteiger partial charge in [0.15, 0.2) is 0 Å². The van der Waals surface area contributed by atoms with E-state index in [1.165, 1.54) is 12.1 Å². The number of aromatic nitrogens is 3. The van der Waals surface area contributed by atoms with Gasteiger partial charge in [-0.1, -0.05) is 6.07 Å². The molecule has 1 aliphatic heterocycles. The Bertz CT molecular complexity index is 1240. The van der Waals surface area contributed by atoms with Crippen LogP contribution in [-0.4, -0.2) is 45.7 Å². The van der Waals surface area contributed by atoms with Gasteiger partial charge in [0.2, 0.25) is 0 Å². The van der Waals surface area contributed by atoms with Gasteiger partial charge in [-0.05, 0) is 61.0 Å². The number of benzene rings is 2. The molecule has 0 saturated carbocycles. The summed E-state index contributed by atoms with van der Waals surface area (Å²) in [6, 6.07) is 17.5. The smallest absolute Gasteiger partial charge is 0.253 e. The summed E-state index contributed by atoms with van der Waals surface area (Å²) in [5, 5.41) is 8.51. The lowest BCUT2D eigenvalue weighted by Gasteiger charge is -2.16. The maximum atomic E-state index is 13.0. The van der Waals surface area contributed by atoms with Gasteiger partial charge in [0.05, 0.1) is 17.8 Å². The predicted molar refractivity (Wildman–Crippen MR) is 119 cm³/mol. The third kappa shape index (κ3) is 4.32. The standard InChI is InChI=1S/C25H23FN4O2/c26-20-4-6-22(7-5-20)32-13-10-21-15-24(29-28-21)19-9-12-30(16-19)25(31)18-3-8-23-17(14-18)2-1-11-27-23/h1-8,11,14-15,19H,9-10,12-13,16H2,(H,28,29)/t19-/m1/s1. The summed E-state index contributed by atoms with van der Waals surface area (Å²) in [5.74, 6) is 0.614. The summed E-state index contributed by atoms with van der Waals surface area (Å²) >= 11 is 0. The number of pyridine rings is 1. The van der Waals surface area contributed by atoms with Crippen molar-refractivity contribution in [1.82, 2.24) is 20.1 Å². The first-order chi connectivity index (χ1) is 15.7. The Morgan fingerprint density at radius 3 is 2.91 bits per heavy atom. The Balaban J connectivity index is 1.17. The molecule has 1 atom stereocenters. The van der Waals surface area contributed by atoms with Gasteiger partial charge >= 0.3 is 0 Å². The second kappa shape index (κ2) is 8.78. The van der Waals surface area contributed by atoms with Crippen molar-refractivity contribution in [3.8, 4) is 5.75 Å². The second-order valence-corrected chi connectivity index (χ2v) is 8.02. The molecule has 0 aliphatic carbocycles. The van der Waals surface area contributed by atoms with E-state index in [0.717, 1.165) is 28.7 Å². The van der Waals surface area contributed by atoms with E-state index in [0.29, 0.717) is 37.4 Å². The van der Waals surface area contributed by atoms with Crippen molar-refractivity contribution < 1.29 is 13.9 Å². The highest BCUT2D eigenvalue weighted by atomic mass is 19.1. The number of aromatic amines is 1. The van der Waals surface area contributed by atoms with E-state index >= 15 is 0 Å². The number of halogens is 1. The van der Waals surface area contributed by atoms with E-state index in [1.54, 1.807) is 18.3 Å². The van der Waals surface area contributed by atoms with E-state index in [9.17, 15) is 9.18 Å². The van der Waals surface area contributed by atoms with Gasteiger partial charge in [-0.15, -0.1) is 0 Å². The van der Waals surface area contributed by atoms with Crippen molar-refractivity contribution in [1.29, 1.82) is 0 Å². The topological polar surface area (TPSA) is 71.1 Å². The number of carbonyl (C=O) groups is 1. The molecule has 0 spiro atoms. The first kappa shape index (κ1) is 20.2. The molecule has 1 fully saturated rings. The first-order valence-electron chi connectivity index (χ1n) is 10.7. The maximum Gasteiger partial charge on any atom is 0.253 e. The van der Waals surface area contributed by atoms with Crippen LogP contribution in [0.1, 0.15) is 34.1 Å². The van der Waals surface area contributed by atoms with Crippen molar-refractivity contribution in [2.24, 2.45) is 0 Å². The number of hydrogen-bond donors (Lipinski definition) is 1. The minimum Gasteiger partial charge on any atom is -0.493 e. The van der Waals surface area contributed by atoms with Crippen molar-refractivity contribution in [2.45, 2.75) is 18.8 Å². The number of rotatable bonds is 6. The van der Waals surface area contributed by atoms with Crippen LogP contribution in [0.15, 0.2) is 66.9 Å². The number of nitrogens with zero attached hydrogens (tertiary/aromatic N) is 3. The Kier molecular flexibility index (Phi) is 5.54. The van der Waals surface area contributed by atoms with Gasteiger partial charge in [-0.25, -0.2) is 4.39 Å². The fourth-order valence-electron chi connectivity index (χ4n) is 4.10. The highest BCUT2D eigenvalue weighted by Crippen LogP contribution is 2.28. The Hall–Kier alpha value is -3.74. The molecule has 1 saturated heterocycles. The molecule has 7 heteroatoms. The third-order valence-corrected chi connectivity index (χ3v) is 5.85. The van der Waals surface area contributed by atoms with Crippen LogP contribution in [0.4, 0.5) is 4.39 Å². The van der Waals surface area contributed by atoms with Crippen LogP contribution in [0.3, 0.4) is 0 Å². The van der Waals surface area contributed by atoms with E-state index in [-0.39, 0.29) is 17.6 Å². The fraction of sp³-hybridized carbons (Fsp3) is 0.240. The molecule has 162 valence electrons. The molecule has 32 heavy (non-hydrogen) atoms. The molecule has 4 aromatic rings. The monoisotopic (exact) mass is 430 g/mol. The number of H-pyrrole nitrogens is 1. The molecule has 0 unspecified atom stereocenters. The van der Waals surface area contributed by atoms with Crippen LogP contribution in [0.5, 0.6) is 5.75 Å². The van der Waals surface area contributed by atoms with E-state index < -0.39 is 0 Å². The summed E-state index contributed by atoms with van der Waals surface area (Å²) in [7, 11) is 0. The molecule has 1 N–H and O–H groups in total. The molecule has 1 amide bonds. The molecular weight excluding hydrogens is 407 g/mol. The second-order valence-electron chi connectivity index (χ2n) is 8.02. The van der Waals surface area contributed by atoms with Gasteiger partial charge in [-0.2, -0.15) is 5.10 Å². The molecule has 5 rings (SSSR count). The molecule has 1 aliphatic rings. The predicted octanol–water partition coefficient (Wildman–Crippen LogP) is 4.35. The fourth-order valence-corrected chi connectivity index (χ4v) is 4.10. The average Bonchev–Trinajstić information content (AvgIpc) is 3.49. The van der Waals surface area contributed by atoms with Crippen molar-refractivity contribution >= 4 is 16.8 Å². The summed E-state index contributed by atoms with van der Waals surface area (Å²) in [5.41, 5.74) is 3.52. The summed E-state index contributed by atoms with van der Waals surface area (Å²) in [6.07, 6.45) is 3.31. The average molecular weight is 430 g/mol. The number of hydrogen-bond acceptors (Lipinski definition) is 4. The van der Waals surface area contributed by atoms with Gasteiger partial charge in [0.25, 0.3) is 5.91 Å². The zero-order chi connectivity index (χ0) is 21.9. The SMILES string of the molecule is O=C(c1ccc2ncccc2c1)N1CC[C@@H](c2cc(CCOc3ccc(F)cc3)[nH]n2)C1. The largest absolute Gasteiger partial charge is 0.493 e. The number of likely N-dealkylation sites (tertiary alicyclic amines) is 1. The van der Waals surface area contributed by atoms with Crippen LogP contribution in [0, 0.1) is 5.82 Å². The lowest BCUT2D eigenvalue weighted by Crippen LogP contribution is -2.28. The Morgan fingerprint density at radius 1 is 1.16 bits per heavy atom. The number of nitrogens with one attached hydrogen (secondary N) is 1. The minimum absolute atomic E-state index is 0.0433. The van der Waals surface area contributed by atoms with Crippen LogP contribution in [0.25, 0.3) is 10.9 Å². The van der Waals surface area contributed by atoms with Crippen LogP contribution >= 0.6 is 0 Å². The van der Waals surface area contributed by atoms with E-state index in [4.69, 9.17) is 4.74 Å².